The summed E-state index contributed by atoms with van der Waals surface area (Å²) >= 11 is 0. The summed E-state index contributed by atoms with van der Waals surface area (Å²) in [4.78, 5) is 4.51. The van der Waals surface area contributed by atoms with Crippen LogP contribution in [0.2, 0.25) is 0 Å². The minimum atomic E-state index is -3.94. The van der Waals surface area contributed by atoms with E-state index in [0.717, 1.165) is 16.7 Å². The van der Waals surface area contributed by atoms with Gasteiger partial charge in [-0.05, 0) is 58.2 Å². The van der Waals surface area contributed by atoms with E-state index in [4.69, 9.17) is 18.7 Å². The summed E-state index contributed by atoms with van der Waals surface area (Å²) in [5, 5.41) is 16.2. The molecule has 0 radical (unpaired) electrons. The first-order chi connectivity index (χ1) is 19.3. The highest BCUT2D eigenvalue weighted by Gasteiger charge is 2.42. The quantitative estimate of drug-likeness (QED) is 0.148. The third-order valence-corrected chi connectivity index (χ3v) is 8.22. The van der Waals surface area contributed by atoms with Crippen LogP contribution in [0.5, 0.6) is 0 Å². The molecule has 0 aliphatic rings. The molecular weight excluding hydrogens is 537 g/mol. The Morgan fingerprint density at radius 3 is 1.56 bits per heavy atom. The zero-order valence-corrected chi connectivity index (χ0v) is 25.5. The van der Waals surface area contributed by atoms with Crippen LogP contribution in [0.4, 0.5) is 0 Å². The maximum Gasteiger partial charge on any atom is 0.475 e. The third kappa shape index (κ3) is 7.39. The first kappa shape index (κ1) is 30.8. The van der Waals surface area contributed by atoms with Gasteiger partial charge in [0, 0.05) is 6.42 Å². The van der Waals surface area contributed by atoms with Crippen molar-refractivity contribution in [1.82, 2.24) is 14.8 Å². The fraction of sp³-hybridized carbons (Fsp3) is 0.375. The first-order valence-corrected chi connectivity index (χ1v) is 15.2. The molecule has 41 heavy (non-hydrogen) atoms. The molecule has 0 amide bonds. The zero-order valence-electron chi connectivity index (χ0n) is 24.6. The smallest absolute Gasteiger partial charge is 0.385 e. The van der Waals surface area contributed by atoms with Gasteiger partial charge in [-0.15, -0.1) is 0 Å². The fourth-order valence-electron chi connectivity index (χ4n) is 4.79. The Morgan fingerprint density at radius 1 is 0.756 bits per heavy atom. The second-order valence-electron chi connectivity index (χ2n) is 11.8. The topological polar surface area (TPSA) is 95.7 Å². The summed E-state index contributed by atoms with van der Waals surface area (Å²) in [7, 11) is -3.94. The first-order valence-electron chi connectivity index (χ1n) is 13.8. The van der Waals surface area contributed by atoms with Crippen molar-refractivity contribution in [2.45, 2.75) is 70.8 Å². The summed E-state index contributed by atoms with van der Waals surface area (Å²) in [5.74, 6) is 0.341. The molecule has 8 nitrogen and oxygen atoms in total. The Labute approximate surface area is 242 Å². The van der Waals surface area contributed by atoms with Crippen molar-refractivity contribution in [3.05, 3.63) is 120 Å². The van der Waals surface area contributed by atoms with E-state index in [1.807, 2.05) is 91.0 Å². The molecule has 4 aromatic rings. The molecule has 0 saturated carbocycles. The largest absolute Gasteiger partial charge is 0.475 e. The monoisotopic (exact) mass is 577 g/mol. The van der Waals surface area contributed by atoms with Crippen LogP contribution < -0.4 is 0 Å². The number of rotatable bonds is 11. The molecule has 1 aromatic heterocycles. The molecule has 0 bridgehead atoms. The van der Waals surface area contributed by atoms with E-state index in [1.54, 1.807) is 46.2 Å². The highest BCUT2D eigenvalue weighted by atomic mass is 31.2. The Morgan fingerprint density at radius 2 is 1.17 bits per heavy atom. The summed E-state index contributed by atoms with van der Waals surface area (Å²) in [6.45, 7) is 10.6. The van der Waals surface area contributed by atoms with Crippen molar-refractivity contribution in [2.24, 2.45) is 0 Å². The number of aliphatic hydroxyl groups excluding tert-OH is 1. The van der Waals surface area contributed by atoms with E-state index in [9.17, 15) is 9.67 Å². The van der Waals surface area contributed by atoms with Crippen LogP contribution in [0, 0.1) is 0 Å². The second-order valence-corrected chi connectivity index (χ2v) is 13.3. The summed E-state index contributed by atoms with van der Waals surface area (Å²) in [6, 6.07) is 30.1. The van der Waals surface area contributed by atoms with E-state index < -0.39 is 30.7 Å². The molecule has 218 valence electrons. The van der Waals surface area contributed by atoms with Gasteiger partial charge in [0.05, 0.1) is 17.8 Å². The predicted octanol–water partition coefficient (Wildman–Crippen LogP) is 7.30. The van der Waals surface area contributed by atoms with Gasteiger partial charge in [-0.3, -0.25) is 13.6 Å². The highest BCUT2D eigenvalue weighted by Crippen LogP contribution is 2.55. The van der Waals surface area contributed by atoms with Crippen LogP contribution >= 0.6 is 7.82 Å². The van der Waals surface area contributed by atoms with E-state index in [0.29, 0.717) is 5.82 Å². The number of phosphoric ester groups is 1. The van der Waals surface area contributed by atoms with Gasteiger partial charge in [0.2, 0.25) is 0 Å². The van der Waals surface area contributed by atoms with Crippen LogP contribution in [0.25, 0.3) is 0 Å². The zero-order chi connectivity index (χ0) is 29.7. The summed E-state index contributed by atoms with van der Waals surface area (Å²) < 4.78 is 32.5. The Kier molecular flexibility index (Phi) is 9.32. The standard InChI is InChI=1S/C32H40N3O5P/c1-30(2,3)39-41(37,40-31(4,5)6)38-23-22-28(36)29-33-24-34-35(29)32(25-16-10-7-11-17-25,26-18-12-8-13-19-26)27-20-14-9-15-21-27/h7-21,24,28,36H,22-23H2,1-6H3. The van der Waals surface area contributed by atoms with Crippen LogP contribution in [-0.2, 0) is 23.7 Å². The van der Waals surface area contributed by atoms with E-state index in [1.165, 1.54) is 6.33 Å². The van der Waals surface area contributed by atoms with Gasteiger partial charge in [0.15, 0.2) is 5.82 Å². The molecule has 0 aliphatic carbocycles. The number of phosphoric acid groups is 1. The van der Waals surface area contributed by atoms with Crippen LogP contribution in [-0.4, -0.2) is 37.7 Å². The predicted molar refractivity (Wildman–Crippen MR) is 159 cm³/mol. The lowest BCUT2D eigenvalue weighted by Crippen LogP contribution is -2.40. The molecular formula is C32H40N3O5P. The molecule has 0 aliphatic heterocycles. The molecule has 0 saturated heterocycles. The van der Waals surface area contributed by atoms with E-state index in [-0.39, 0.29) is 13.0 Å². The number of benzene rings is 3. The SMILES string of the molecule is CC(C)(C)OP(=O)(OCCC(O)c1ncnn1C(c1ccccc1)(c1ccccc1)c1ccccc1)OC(C)(C)C. The molecule has 3 aromatic carbocycles. The molecule has 1 N–H and O–H groups in total. The maximum atomic E-state index is 13.5. The van der Waals surface area contributed by atoms with E-state index >= 15 is 0 Å². The lowest BCUT2D eigenvalue weighted by molar-refractivity contribution is -0.000800. The van der Waals surface area contributed by atoms with Gasteiger partial charge in [-0.2, -0.15) is 5.10 Å². The summed E-state index contributed by atoms with van der Waals surface area (Å²) in [6.07, 6.45) is 0.433. The van der Waals surface area contributed by atoms with Crippen molar-refractivity contribution >= 4 is 7.82 Å². The minimum Gasteiger partial charge on any atom is -0.385 e. The van der Waals surface area contributed by atoms with Gasteiger partial charge in [0.25, 0.3) is 0 Å². The Balaban J connectivity index is 1.73. The second kappa shape index (κ2) is 12.4. The molecule has 4 rings (SSSR count). The average molecular weight is 578 g/mol. The van der Waals surface area contributed by atoms with Gasteiger partial charge in [0.1, 0.15) is 18.0 Å². The van der Waals surface area contributed by atoms with Crippen LogP contribution in [0.15, 0.2) is 97.3 Å². The third-order valence-electron chi connectivity index (χ3n) is 6.18. The summed E-state index contributed by atoms with van der Waals surface area (Å²) in [5.41, 5.74) is 0.399. The van der Waals surface area contributed by atoms with Crippen molar-refractivity contribution in [2.75, 3.05) is 6.61 Å². The highest BCUT2D eigenvalue weighted by molar-refractivity contribution is 7.48. The van der Waals surface area contributed by atoms with Gasteiger partial charge in [-0.1, -0.05) is 91.0 Å². The van der Waals surface area contributed by atoms with E-state index in [2.05, 4.69) is 4.98 Å². The molecule has 1 unspecified atom stereocenters. The van der Waals surface area contributed by atoms with Crippen molar-refractivity contribution in [3.8, 4) is 0 Å². The molecule has 1 heterocycles. The number of nitrogens with zero attached hydrogens (tertiary/aromatic N) is 3. The lowest BCUT2D eigenvalue weighted by atomic mass is 9.77. The number of aliphatic hydroxyl groups is 1. The van der Waals surface area contributed by atoms with Crippen molar-refractivity contribution < 1.29 is 23.2 Å². The number of aromatic nitrogens is 3. The van der Waals surface area contributed by atoms with Crippen molar-refractivity contribution in [3.63, 3.8) is 0 Å². The van der Waals surface area contributed by atoms with Gasteiger partial charge >= 0.3 is 7.82 Å². The lowest BCUT2D eigenvalue weighted by Gasteiger charge is -2.37. The molecule has 0 fully saturated rings. The van der Waals surface area contributed by atoms with Gasteiger partial charge < -0.3 is 5.11 Å². The molecule has 9 heteroatoms. The molecule has 0 spiro atoms. The average Bonchev–Trinajstić information content (AvgIpc) is 3.39. The number of hydrogen-bond donors (Lipinski definition) is 1. The molecule has 1 atom stereocenters. The Bertz CT molecular complexity index is 1310. The normalized spacial score (nSPS) is 13.7. The maximum absolute atomic E-state index is 13.5. The van der Waals surface area contributed by atoms with Crippen LogP contribution in [0.3, 0.4) is 0 Å². The van der Waals surface area contributed by atoms with Crippen LogP contribution in [0.1, 0.15) is 76.6 Å². The fourth-order valence-corrected chi connectivity index (χ4v) is 6.60. The Hall–Kier alpha value is -3.13. The van der Waals surface area contributed by atoms with Crippen molar-refractivity contribution in [1.29, 1.82) is 0 Å². The minimum absolute atomic E-state index is 0.0815. The number of hydrogen-bond acceptors (Lipinski definition) is 7. The van der Waals surface area contributed by atoms with Gasteiger partial charge in [-0.25, -0.2) is 14.2 Å².